The van der Waals surface area contributed by atoms with Crippen LogP contribution in [0, 0.1) is 22.9 Å². The number of aromatic nitrogens is 1. The third kappa shape index (κ3) is 4.37. The molecule has 0 saturated heterocycles. The minimum Gasteiger partial charge on any atom is -0.497 e. The van der Waals surface area contributed by atoms with Gasteiger partial charge in [0.25, 0.3) is 5.69 Å². The fourth-order valence-corrected chi connectivity index (χ4v) is 3.37. The third-order valence-electron chi connectivity index (χ3n) is 3.99. The molecule has 0 spiro atoms. The molecule has 0 aliphatic carbocycles. The number of benzene rings is 2. The van der Waals surface area contributed by atoms with E-state index in [1.807, 2.05) is 31.2 Å². The Kier molecular flexibility index (Phi) is 5.74. The molecule has 3 rings (SSSR count). The van der Waals surface area contributed by atoms with E-state index in [2.05, 4.69) is 10.3 Å². The number of nitro groups is 1. The van der Waals surface area contributed by atoms with Gasteiger partial charge in [-0.2, -0.15) is 0 Å². The van der Waals surface area contributed by atoms with Gasteiger partial charge in [0.2, 0.25) is 5.91 Å². The van der Waals surface area contributed by atoms with Crippen LogP contribution >= 0.6 is 11.8 Å². The van der Waals surface area contributed by atoms with E-state index in [9.17, 15) is 19.3 Å². The van der Waals surface area contributed by atoms with Crippen LogP contribution < -0.4 is 10.1 Å². The number of nitrogens with one attached hydrogen (secondary N) is 1. The number of hydrogen-bond donors (Lipinski definition) is 1. The highest BCUT2D eigenvalue weighted by Crippen LogP contribution is 2.27. The van der Waals surface area contributed by atoms with Gasteiger partial charge in [0.1, 0.15) is 11.6 Å². The quantitative estimate of drug-likeness (QED) is 0.375. The van der Waals surface area contributed by atoms with E-state index >= 15 is 0 Å². The van der Waals surface area contributed by atoms with Crippen LogP contribution in [-0.2, 0) is 4.79 Å². The molecule has 0 radical (unpaired) electrons. The number of carbonyl (C=O) groups excluding carboxylic acids is 1. The number of thioether (sulfide) groups is 1. The number of halogens is 1. The monoisotopic (exact) mass is 401 g/mol. The number of hydrogen-bond acceptors (Lipinski definition) is 6. The number of methoxy groups -OCH3 is 1. The first kappa shape index (κ1) is 19.6. The normalized spacial score (nSPS) is 10.7. The van der Waals surface area contributed by atoms with E-state index in [0.717, 1.165) is 34.7 Å². The van der Waals surface area contributed by atoms with Crippen molar-refractivity contribution < 1.29 is 18.8 Å². The SMILES string of the molecule is COc1ccc2c(C)cc(SCC(=O)Nc3cc([N+](=O)[O-])ccc3F)nc2c1. The minimum absolute atomic E-state index is 0.0238. The molecule has 0 atom stereocenters. The molecule has 7 nitrogen and oxygen atoms in total. The lowest BCUT2D eigenvalue weighted by atomic mass is 10.1. The first-order valence-electron chi connectivity index (χ1n) is 8.19. The number of aryl methyl sites for hydroxylation is 1. The number of nitrogens with zero attached hydrogens (tertiary/aromatic N) is 2. The minimum atomic E-state index is -0.740. The summed E-state index contributed by atoms with van der Waals surface area (Å²) in [4.78, 5) is 26.8. The molecule has 9 heteroatoms. The second-order valence-corrected chi connectivity index (χ2v) is 6.91. The topological polar surface area (TPSA) is 94.4 Å². The smallest absolute Gasteiger partial charge is 0.271 e. The van der Waals surface area contributed by atoms with Crippen LogP contribution in [0.1, 0.15) is 5.56 Å². The Hall–Kier alpha value is -3.20. The van der Waals surface area contributed by atoms with Gasteiger partial charge in [0.05, 0.1) is 34.0 Å². The average molecular weight is 401 g/mol. The molecule has 1 heterocycles. The van der Waals surface area contributed by atoms with Crippen molar-refractivity contribution in [3.63, 3.8) is 0 Å². The van der Waals surface area contributed by atoms with E-state index in [1.54, 1.807) is 7.11 Å². The van der Waals surface area contributed by atoms with Gasteiger partial charge in [0.15, 0.2) is 0 Å². The van der Waals surface area contributed by atoms with Crippen molar-refractivity contribution in [2.75, 3.05) is 18.2 Å². The molecule has 28 heavy (non-hydrogen) atoms. The van der Waals surface area contributed by atoms with Crippen LogP contribution in [0.25, 0.3) is 10.9 Å². The van der Waals surface area contributed by atoms with Crippen molar-refractivity contribution in [1.29, 1.82) is 0 Å². The Morgan fingerprint density at radius 1 is 1.29 bits per heavy atom. The molecule has 1 N–H and O–H groups in total. The summed E-state index contributed by atoms with van der Waals surface area (Å²) in [6.45, 7) is 1.94. The maximum Gasteiger partial charge on any atom is 0.271 e. The molecule has 0 fully saturated rings. The number of nitro benzene ring substituents is 1. The van der Waals surface area contributed by atoms with Gasteiger partial charge in [0, 0.05) is 23.6 Å². The number of ether oxygens (including phenoxy) is 1. The van der Waals surface area contributed by atoms with Crippen LogP contribution in [0.15, 0.2) is 47.5 Å². The largest absolute Gasteiger partial charge is 0.497 e. The molecule has 1 aromatic heterocycles. The summed E-state index contributed by atoms with van der Waals surface area (Å²) in [5.74, 6) is -0.574. The maximum absolute atomic E-state index is 13.8. The van der Waals surface area contributed by atoms with E-state index in [0.29, 0.717) is 10.8 Å². The lowest BCUT2D eigenvalue weighted by Gasteiger charge is -2.09. The molecular weight excluding hydrogens is 385 g/mol. The molecule has 0 unspecified atom stereocenters. The van der Waals surface area contributed by atoms with E-state index < -0.39 is 16.6 Å². The number of pyridine rings is 1. The number of amides is 1. The molecule has 0 aliphatic rings. The van der Waals surface area contributed by atoms with Crippen molar-refractivity contribution >= 4 is 39.9 Å². The number of anilines is 1. The first-order valence-corrected chi connectivity index (χ1v) is 9.18. The number of non-ortho nitro benzene ring substituents is 1. The second kappa shape index (κ2) is 8.22. The summed E-state index contributed by atoms with van der Waals surface area (Å²) in [6.07, 6.45) is 0. The second-order valence-electron chi connectivity index (χ2n) is 5.92. The molecule has 0 bridgehead atoms. The van der Waals surface area contributed by atoms with Crippen LogP contribution in [0.4, 0.5) is 15.8 Å². The Bertz CT molecular complexity index is 1070. The standard InChI is InChI=1S/C19H16FN3O4S/c1-11-7-19(22-16-9-13(27-2)4-5-14(11)16)28-10-18(24)21-17-8-12(23(25)26)3-6-15(17)20/h3-9H,10H2,1-2H3,(H,21,24). The van der Waals surface area contributed by atoms with Crippen molar-refractivity contribution in [3.8, 4) is 5.75 Å². The highest BCUT2D eigenvalue weighted by molar-refractivity contribution is 7.99. The zero-order chi connectivity index (χ0) is 20.3. The molecule has 0 saturated carbocycles. The van der Waals surface area contributed by atoms with Gasteiger partial charge in [-0.3, -0.25) is 14.9 Å². The molecule has 2 aromatic carbocycles. The fraction of sp³-hybridized carbons (Fsp3) is 0.158. The highest BCUT2D eigenvalue weighted by atomic mass is 32.2. The summed E-state index contributed by atoms with van der Waals surface area (Å²) in [6, 6.07) is 10.4. The van der Waals surface area contributed by atoms with E-state index in [1.165, 1.54) is 11.8 Å². The lowest BCUT2D eigenvalue weighted by molar-refractivity contribution is -0.384. The van der Waals surface area contributed by atoms with E-state index in [4.69, 9.17) is 4.74 Å². The summed E-state index contributed by atoms with van der Waals surface area (Å²) in [7, 11) is 1.57. The number of rotatable bonds is 6. The third-order valence-corrected chi connectivity index (χ3v) is 4.90. The van der Waals surface area contributed by atoms with Gasteiger partial charge < -0.3 is 10.1 Å². The summed E-state index contributed by atoms with van der Waals surface area (Å²) >= 11 is 1.19. The van der Waals surface area contributed by atoms with Gasteiger partial charge in [-0.05, 0) is 36.8 Å². The Morgan fingerprint density at radius 2 is 2.07 bits per heavy atom. The first-order chi connectivity index (χ1) is 13.4. The fourth-order valence-electron chi connectivity index (χ4n) is 2.60. The van der Waals surface area contributed by atoms with E-state index in [-0.39, 0.29) is 17.1 Å². The molecular formula is C19H16FN3O4S. The van der Waals surface area contributed by atoms with Crippen molar-refractivity contribution in [2.24, 2.45) is 0 Å². The van der Waals surface area contributed by atoms with Crippen LogP contribution in [-0.4, -0.2) is 28.7 Å². The Labute approximate surface area is 164 Å². The Morgan fingerprint density at radius 3 is 2.79 bits per heavy atom. The predicted octanol–water partition coefficient (Wildman–Crippen LogP) is 4.33. The van der Waals surface area contributed by atoms with Gasteiger partial charge in [-0.15, -0.1) is 0 Å². The van der Waals surface area contributed by atoms with Crippen molar-refractivity contribution in [1.82, 2.24) is 4.98 Å². The predicted molar refractivity (Wildman–Crippen MR) is 105 cm³/mol. The van der Waals surface area contributed by atoms with Gasteiger partial charge in [-0.25, -0.2) is 9.37 Å². The highest BCUT2D eigenvalue weighted by Gasteiger charge is 2.14. The lowest BCUT2D eigenvalue weighted by Crippen LogP contribution is -2.15. The zero-order valence-corrected chi connectivity index (χ0v) is 15.9. The molecule has 0 aliphatic heterocycles. The summed E-state index contributed by atoms with van der Waals surface area (Å²) < 4.78 is 19.0. The Balaban J connectivity index is 1.72. The number of carbonyl (C=O) groups is 1. The average Bonchev–Trinajstić information content (AvgIpc) is 2.67. The summed E-state index contributed by atoms with van der Waals surface area (Å²) in [5, 5.41) is 14.8. The summed E-state index contributed by atoms with van der Waals surface area (Å²) in [5.41, 5.74) is 1.21. The van der Waals surface area contributed by atoms with Crippen LogP contribution in [0.3, 0.4) is 0 Å². The van der Waals surface area contributed by atoms with Crippen LogP contribution in [0.2, 0.25) is 0 Å². The molecule has 1 amide bonds. The van der Waals surface area contributed by atoms with Gasteiger partial charge >= 0.3 is 0 Å². The molecule has 144 valence electrons. The van der Waals surface area contributed by atoms with Crippen molar-refractivity contribution in [2.45, 2.75) is 11.9 Å². The molecule has 3 aromatic rings. The van der Waals surface area contributed by atoms with Gasteiger partial charge in [-0.1, -0.05) is 11.8 Å². The zero-order valence-electron chi connectivity index (χ0n) is 15.1. The van der Waals surface area contributed by atoms with Crippen LogP contribution in [0.5, 0.6) is 5.75 Å². The number of fused-ring (bicyclic) bond motifs is 1. The maximum atomic E-state index is 13.8. The van der Waals surface area contributed by atoms with Crippen molar-refractivity contribution in [3.05, 3.63) is 64.0 Å².